The van der Waals surface area contributed by atoms with E-state index in [9.17, 15) is 9.59 Å². The Hall–Kier alpha value is -3.70. The largest absolute Gasteiger partial charge is 0.461 e. The van der Waals surface area contributed by atoms with Crippen LogP contribution >= 0.6 is 0 Å². The van der Waals surface area contributed by atoms with E-state index in [0.29, 0.717) is 13.0 Å². The van der Waals surface area contributed by atoms with Crippen LogP contribution in [0.1, 0.15) is 213 Å². The molecule has 0 fully saturated rings. The fraction of sp³-hybridized carbons (Fsp3) is 0.627. The Balaban J connectivity index is 4.46. The number of rotatable bonds is 46. The number of carbonyl (C=O) groups is 2. The maximum absolute atomic E-state index is 12.8. The first kappa shape index (κ1) is 60.3. The average molecular weight is 885 g/mol. The normalized spacial score (nSPS) is 13.2. The molecule has 0 spiro atoms. The highest BCUT2D eigenvalue weighted by atomic mass is 16.6. The van der Waals surface area contributed by atoms with Crippen molar-refractivity contribution in [1.29, 1.82) is 0 Å². The van der Waals surface area contributed by atoms with Gasteiger partial charge in [-0.05, 0) is 109 Å². The summed E-state index contributed by atoms with van der Waals surface area (Å²) in [7, 11) is 0. The number of ether oxygens (including phenoxy) is 3. The highest BCUT2D eigenvalue weighted by molar-refractivity contribution is 5.71. The molecule has 0 heterocycles. The Morgan fingerprint density at radius 2 is 0.750 bits per heavy atom. The van der Waals surface area contributed by atoms with E-state index in [1.54, 1.807) is 0 Å². The topological polar surface area (TPSA) is 61.8 Å². The second-order valence-electron chi connectivity index (χ2n) is 16.7. The standard InChI is InChI=1S/C59H96O5/c1-4-7-10-13-16-19-22-25-28-29-30-33-36-39-42-45-48-51-54-62-55-57(64-59(61)53-50-47-44-41-38-35-32-27-24-21-18-15-12-9-6-3)56-63-58(60)52-49-46-43-40-37-34-31-26-23-20-17-14-11-8-5-2/h8-9,11-12,17-18,20-21,25-28,31-32,37-38,40-41,46,49,57H,4-7,10,13-16,19,22-24,29-30,33-36,39,42-45,47-48,50-56H2,1-3H3/b11-8-,12-9-,20-17-,21-18-,28-25-,31-26-,32-27-,40-37-,41-38-,49-46-. The van der Waals surface area contributed by atoms with Crippen molar-refractivity contribution in [1.82, 2.24) is 0 Å². The molecular formula is C59H96O5. The van der Waals surface area contributed by atoms with Crippen LogP contribution in [0.25, 0.3) is 0 Å². The molecule has 362 valence electrons. The Kier molecular flexibility index (Phi) is 50.5. The van der Waals surface area contributed by atoms with E-state index in [2.05, 4.69) is 130 Å². The molecule has 0 radical (unpaired) electrons. The molecule has 5 nitrogen and oxygen atoms in total. The van der Waals surface area contributed by atoms with E-state index in [0.717, 1.165) is 89.9 Å². The molecule has 0 saturated heterocycles. The first-order valence-corrected chi connectivity index (χ1v) is 26.1. The lowest BCUT2D eigenvalue weighted by Crippen LogP contribution is -2.30. The molecule has 1 atom stereocenters. The molecule has 64 heavy (non-hydrogen) atoms. The van der Waals surface area contributed by atoms with Crippen LogP contribution in [0.2, 0.25) is 0 Å². The summed E-state index contributed by atoms with van der Waals surface area (Å²) >= 11 is 0. The number of hydrogen-bond donors (Lipinski definition) is 0. The zero-order valence-corrected chi connectivity index (χ0v) is 41.5. The summed E-state index contributed by atoms with van der Waals surface area (Å²) in [6.45, 7) is 7.42. The predicted octanol–water partition coefficient (Wildman–Crippen LogP) is 17.8. The molecule has 0 aliphatic carbocycles. The molecule has 0 aromatic carbocycles. The Morgan fingerprint density at radius 1 is 0.375 bits per heavy atom. The summed E-state index contributed by atoms with van der Waals surface area (Å²) < 4.78 is 17.3. The molecule has 0 saturated carbocycles. The smallest absolute Gasteiger partial charge is 0.309 e. The predicted molar refractivity (Wildman–Crippen MR) is 279 cm³/mol. The van der Waals surface area contributed by atoms with Crippen molar-refractivity contribution in [2.24, 2.45) is 0 Å². The summed E-state index contributed by atoms with van der Waals surface area (Å²) in [5, 5.41) is 0. The lowest BCUT2D eigenvalue weighted by Gasteiger charge is -2.18. The van der Waals surface area contributed by atoms with Crippen molar-refractivity contribution >= 4 is 11.9 Å². The highest BCUT2D eigenvalue weighted by Crippen LogP contribution is 2.12. The summed E-state index contributed by atoms with van der Waals surface area (Å²) in [6, 6.07) is 0. The summed E-state index contributed by atoms with van der Waals surface area (Å²) in [4.78, 5) is 25.3. The molecule has 0 aliphatic rings. The van der Waals surface area contributed by atoms with Gasteiger partial charge in [-0.2, -0.15) is 0 Å². The van der Waals surface area contributed by atoms with Gasteiger partial charge in [0.1, 0.15) is 6.61 Å². The number of carbonyl (C=O) groups excluding carboxylic acids is 2. The third kappa shape index (κ3) is 50.9. The number of unbranched alkanes of at least 4 members (excludes halogenated alkanes) is 16. The molecule has 0 N–H and O–H groups in total. The molecule has 1 unspecified atom stereocenters. The van der Waals surface area contributed by atoms with Crippen LogP contribution in [0.15, 0.2) is 122 Å². The van der Waals surface area contributed by atoms with E-state index in [-0.39, 0.29) is 31.6 Å². The second kappa shape index (κ2) is 53.6. The van der Waals surface area contributed by atoms with Crippen LogP contribution in [0.3, 0.4) is 0 Å². The highest BCUT2D eigenvalue weighted by Gasteiger charge is 2.17. The van der Waals surface area contributed by atoms with Gasteiger partial charge in [0.05, 0.1) is 13.0 Å². The minimum Gasteiger partial charge on any atom is -0.461 e. The molecule has 0 aliphatic heterocycles. The monoisotopic (exact) mass is 885 g/mol. The SMILES string of the molecule is CC/C=C\C/C=C\C/C=C\C/C=C\C/C=C\CC(=O)OCC(COCCCCCCCCCC/C=C\CCCCCCCC)OC(=O)CCCC/C=C\C/C=C\C/C=C\C/C=C\CC. The van der Waals surface area contributed by atoms with Crippen molar-refractivity contribution in [2.75, 3.05) is 19.8 Å². The van der Waals surface area contributed by atoms with Gasteiger partial charge in [-0.15, -0.1) is 0 Å². The summed E-state index contributed by atoms with van der Waals surface area (Å²) in [5.41, 5.74) is 0. The van der Waals surface area contributed by atoms with Crippen LogP contribution in [0.4, 0.5) is 0 Å². The minimum absolute atomic E-state index is 0.00610. The Morgan fingerprint density at radius 3 is 1.22 bits per heavy atom. The lowest BCUT2D eigenvalue weighted by atomic mass is 10.1. The van der Waals surface area contributed by atoms with Crippen LogP contribution in [0.5, 0.6) is 0 Å². The van der Waals surface area contributed by atoms with Gasteiger partial charge in [-0.1, -0.05) is 213 Å². The van der Waals surface area contributed by atoms with Gasteiger partial charge >= 0.3 is 11.9 Å². The van der Waals surface area contributed by atoms with Crippen LogP contribution in [0, 0.1) is 0 Å². The van der Waals surface area contributed by atoms with E-state index in [4.69, 9.17) is 14.2 Å². The van der Waals surface area contributed by atoms with Crippen molar-refractivity contribution in [2.45, 2.75) is 219 Å². The first-order valence-electron chi connectivity index (χ1n) is 26.1. The van der Waals surface area contributed by atoms with Crippen molar-refractivity contribution < 1.29 is 23.8 Å². The molecule has 0 aromatic rings. The average Bonchev–Trinajstić information content (AvgIpc) is 3.30. The number of esters is 2. The zero-order chi connectivity index (χ0) is 46.3. The molecule has 5 heteroatoms. The first-order chi connectivity index (χ1) is 31.6. The second-order valence-corrected chi connectivity index (χ2v) is 16.7. The molecule has 0 amide bonds. The third-order valence-corrected chi connectivity index (χ3v) is 10.5. The summed E-state index contributed by atoms with van der Waals surface area (Å²) in [5.74, 6) is -0.600. The van der Waals surface area contributed by atoms with Crippen LogP contribution < -0.4 is 0 Å². The number of hydrogen-bond acceptors (Lipinski definition) is 5. The van der Waals surface area contributed by atoms with E-state index in [1.807, 2.05) is 12.2 Å². The quantitative estimate of drug-likeness (QED) is 0.0346. The van der Waals surface area contributed by atoms with Crippen molar-refractivity contribution in [3.63, 3.8) is 0 Å². The molecular weight excluding hydrogens is 789 g/mol. The zero-order valence-electron chi connectivity index (χ0n) is 41.5. The minimum atomic E-state index is -0.607. The van der Waals surface area contributed by atoms with Gasteiger partial charge < -0.3 is 14.2 Å². The van der Waals surface area contributed by atoms with E-state index in [1.165, 1.54) is 89.9 Å². The third-order valence-electron chi connectivity index (χ3n) is 10.5. The van der Waals surface area contributed by atoms with Gasteiger partial charge in [0.15, 0.2) is 6.10 Å². The van der Waals surface area contributed by atoms with Gasteiger partial charge in [0.2, 0.25) is 0 Å². The number of allylic oxidation sites excluding steroid dienone is 19. The molecule has 0 rings (SSSR count). The Bertz CT molecular complexity index is 1320. The Labute approximate surface area is 395 Å². The van der Waals surface area contributed by atoms with E-state index >= 15 is 0 Å². The van der Waals surface area contributed by atoms with Gasteiger partial charge in [-0.3, -0.25) is 9.59 Å². The van der Waals surface area contributed by atoms with Crippen LogP contribution in [-0.4, -0.2) is 37.9 Å². The lowest BCUT2D eigenvalue weighted by molar-refractivity contribution is -0.162. The maximum atomic E-state index is 12.8. The summed E-state index contributed by atoms with van der Waals surface area (Å²) in [6.07, 6.45) is 75.2. The van der Waals surface area contributed by atoms with E-state index < -0.39 is 6.10 Å². The molecule has 0 aromatic heterocycles. The van der Waals surface area contributed by atoms with Crippen molar-refractivity contribution in [3.05, 3.63) is 122 Å². The van der Waals surface area contributed by atoms with Gasteiger partial charge in [0.25, 0.3) is 0 Å². The van der Waals surface area contributed by atoms with Crippen LogP contribution in [-0.2, 0) is 23.8 Å². The maximum Gasteiger partial charge on any atom is 0.309 e. The van der Waals surface area contributed by atoms with Gasteiger partial charge in [-0.25, -0.2) is 0 Å². The fourth-order valence-corrected chi connectivity index (χ4v) is 6.69. The van der Waals surface area contributed by atoms with Crippen molar-refractivity contribution in [3.8, 4) is 0 Å². The fourth-order valence-electron chi connectivity index (χ4n) is 6.69. The van der Waals surface area contributed by atoms with Gasteiger partial charge in [0, 0.05) is 13.0 Å². The molecule has 0 bridgehead atoms.